The zero-order valence-corrected chi connectivity index (χ0v) is 12.7. The Morgan fingerprint density at radius 2 is 1.37 bits per heavy atom. The Morgan fingerprint density at radius 3 is 1.79 bits per heavy atom. The van der Waals surface area contributed by atoms with Gasteiger partial charge < -0.3 is 9.84 Å². The van der Waals surface area contributed by atoms with Crippen molar-refractivity contribution in [1.29, 1.82) is 0 Å². The second-order valence-electron chi connectivity index (χ2n) is 6.95. The maximum Gasteiger partial charge on any atom is 0.0697 e. The van der Waals surface area contributed by atoms with Crippen molar-refractivity contribution in [2.45, 2.75) is 71.1 Å². The van der Waals surface area contributed by atoms with Crippen LogP contribution in [0.3, 0.4) is 0 Å². The second-order valence-corrected chi connectivity index (χ2v) is 6.95. The first kappa shape index (κ1) is 15.3. The molecule has 0 aromatic carbocycles. The van der Waals surface area contributed by atoms with Crippen molar-refractivity contribution < 1.29 is 9.84 Å². The number of aliphatic hydroxyl groups is 1. The Morgan fingerprint density at radius 1 is 0.895 bits per heavy atom. The third-order valence-corrected chi connectivity index (χ3v) is 5.72. The van der Waals surface area contributed by atoms with Gasteiger partial charge in [0.05, 0.1) is 19.8 Å². The van der Waals surface area contributed by atoms with Crippen molar-refractivity contribution in [3.63, 3.8) is 0 Å². The van der Waals surface area contributed by atoms with Crippen molar-refractivity contribution in [2.24, 2.45) is 17.3 Å². The molecular formula is C17H32O2. The molecule has 0 spiro atoms. The van der Waals surface area contributed by atoms with Crippen LogP contribution < -0.4 is 0 Å². The predicted molar refractivity (Wildman–Crippen MR) is 79.2 cm³/mol. The van der Waals surface area contributed by atoms with Crippen LogP contribution in [0, 0.1) is 17.3 Å². The summed E-state index contributed by atoms with van der Waals surface area (Å²) in [6, 6.07) is 0. The summed E-state index contributed by atoms with van der Waals surface area (Å²) in [5, 5.41) is 8.96. The Kier molecular flexibility index (Phi) is 6.15. The highest BCUT2D eigenvalue weighted by Gasteiger charge is 2.41. The quantitative estimate of drug-likeness (QED) is 0.733. The maximum atomic E-state index is 8.96. The van der Waals surface area contributed by atoms with Gasteiger partial charge in [-0.15, -0.1) is 0 Å². The van der Waals surface area contributed by atoms with E-state index in [2.05, 4.69) is 6.92 Å². The SMILES string of the molecule is CC(COCCO)(C1CCCCC1)C1CCCCC1. The van der Waals surface area contributed by atoms with Gasteiger partial charge in [-0.1, -0.05) is 45.4 Å². The molecule has 0 heterocycles. The second kappa shape index (κ2) is 7.64. The molecule has 0 radical (unpaired) electrons. The third kappa shape index (κ3) is 3.95. The number of hydrogen-bond donors (Lipinski definition) is 1. The largest absolute Gasteiger partial charge is 0.394 e. The highest BCUT2D eigenvalue weighted by molar-refractivity contribution is 4.91. The van der Waals surface area contributed by atoms with E-state index < -0.39 is 0 Å². The van der Waals surface area contributed by atoms with E-state index in [1.54, 1.807) is 0 Å². The topological polar surface area (TPSA) is 29.5 Å². The van der Waals surface area contributed by atoms with Gasteiger partial charge in [0.1, 0.15) is 0 Å². The summed E-state index contributed by atoms with van der Waals surface area (Å²) in [5.74, 6) is 1.70. The normalized spacial score (nSPS) is 23.7. The van der Waals surface area contributed by atoms with Crippen LogP contribution in [0.5, 0.6) is 0 Å². The van der Waals surface area contributed by atoms with Gasteiger partial charge in [-0.2, -0.15) is 0 Å². The molecule has 0 atom stereocenters. The van der Waals surface area contributed by atoms with E-state index in [1.165, 1.54) is 64.2 Å². The van der Waals surface area contributed by atoms with Gasteiger partial charge in [0.15, 0.2) is 0 Å². The van der Waals surface area contributed by atoms with Gasteiger partial charge in [-0.3, -0.25) is 0 Å². The lowest BCUT2D eigenvalue weighted by molar-refractivity contribution is -0.0514. The van der Waals surface area contributed by atoms with E-state index in [0.29, 0.717) is 12.0 Å². The standard InChI is InChI=1S/C17H32O2/c1-17(14-19-13-12-18,15-8-4-2-5-9-15)16-10-6-3-7-11-16/h15-16,18H,2-14H2,1H3. The summed E-state index contributed by atoms with van der Waals surface area (Å²) >= 11 is 0. The van der Waals surface area contributed by atoms with Gasteiger partial charge in [0.25, 0.3) is 0 Å². The molecule has 0 unspecified atom stereocenters. The molecule has 112 valence electrons. The number of aliphatic hydroxyl groups excluding tert-OH is 1. The molecule has 2 saturated carbocycles. The molecule has 2 nitrogen and oxygen atoms in total. The smallest absolute Gasteiger partial charge is 0.0697 e. The van der Waals surface area contributed by atoms with Crippen LogP contribution in [0.25, 0.3) is 0 Å². The molecule has 2 fully saturated rings. The first-order valence-electron chi connectivity index (χ1n) is 8.46. The molecular weight excluding hydrogens is 236 g/mol. The van der Waals surface area contributed by atoms with Crippen molar-refractivity contribution in [3.8, 4) is 0 Å². The van der Waals surface area contributed by atoms with E-state index in [9.17, 15) is 0 Å². The van der Waals surface area contributed by atoms with Gasteiger partial charge in [0, 0.05) is 0 Å². The van der Waals surface area contributed by atoms with Crippen LogP contribution in [0.1, 0.15) is 71.1 Å². The number of hydrogen-bond acceptors (Lipinski definition) is 2. The Labute approximate surface area is 118 Å². The minimum atomic E-state index is 0.158. The maximum absolute atomic E-state index is 8.96. The van der Waals surface area contributed by atoms with Crippen LogP contribution in [0.2, 0.25) is 0 Å². The van der Waals surface area contributed by atoms with Gasteiger partial charge in [-0.05, 0) is 42.9 Å². The lowest BCUT2D eigenvalue weighted by Crippen LogP contribution is -2.41. The minimum absolute atomic E-state index is 0.158. The molecule has 2 heteroatoms. The van der Waals surface area contributed by atoms with Crippen LogP contribution in [-0.4, -0.2) is 24.9 Å². The predicted octanol–water partition coefficient (Wildman–Crippen LogP) is 4.16. The highest BCUT2D eigenvalue weighted by Crippen LogP contribution is 2.48. The summed E-state index contributed by atoms with van der Waals surface area (Å²) in [6.07, 6.45) is 14.1. The molecule has 19 heavy (non-hydrogen) atoms. The summed E-state index contributed by atoms with van der Waals surface area (Å²) in [6.45, 7) is 4.01. The summed E-state index contributed by atoms with van der Waals surface area (Å²) in [5.41, 5.74) is 0.357. The summed E-state index contributed by atoms with van der Waals surface area (Å²) in [7, 11) is 0. The van der Waals surface area contributed by atoms with Crippen molar-refractivity contribution in [1.82, 2.24) is 0 Å². The Bertz CT molecular complexity index is 222. The first-order chi connectivity index (χ1) is 9.27. The fourth-order valence-electron chi connectivity index (χ4n) is 4.45. The molecule has 0 amide bonds. The highest BCUT2D eigenvalue weighted by atomic mass is 16.5. The fourth-order valence-corrected chi connectivity index (χ4v) is 4.45. The van der Waals surface area contributed by atoms with Crippen molar-refractivity contribution in [3.05, 3.63) is 0 Å². The van der Waals surface area contributed by atoms with Crippen LogP contribution in [0.15, 0.2) is 0 Å². The molecule has 0 saturated heterocycles. The zero-order valence-electron chi connectivity index (χ0n) is 12.7. The lowest BCUT2D eigenvalue weighted by Gasteiger charge is -2.47. The average molecular weight is 268 g/mol. The van der Waals surface area contributed by atoms with Crippen LogP contribution in [0.4, 0.5) is 0 Å². The van der Waals surface area contributed by atoms with Gasteiger partial charge in [0.2, 0.25) is 0 Å². The monoisotopic (exact) mass is 268 g/mol. The van der Waals surface area contributed by atoms with Crippen LogP contribution >= 0.6 is 0 Å². The molecule has 0 bridgehead atoms. The molecule has 0 aromatic rings. The van der Waals surface area contributed by atoms with Crippen molar-refractivity contribution in [2.75, 3.05) is 19.8 Å². The van der Waals surface area contributed by atoms with E-state index in [4.69, 9.17) is 9.84 Å². The minimum Gasteiger partial charge on any atom is -0.394 e. The van der Waals surface area contributed by atoms with E-state index in [-0.39, 0.29) is 6.61 Å². The van der Waals surface area contributed by atoms with E-state index in [1.807, 2.05) is 0 Å². The molecule has 0 aliphatic heterocycles. The average Bonchev–Trinajstić information content (AvgIpc) is 2.49. The van der Waals surface area contributed by atoms with Crippen molar-refractivity contribution >= 4 is 0 Å². The fraction of sp³-hybridized carbons (Fsp3) is 1.00. The summed E-state index contributed by atoms with van der Waals surface area (Å²) in [4.78, 5) is 0. The Hall–Kier alpha value is -0.0800. The lowest BCUT2D eigenvalue weighted by atomic mass is 9.60. The number of ether oxygens (including phenoxy) is 1. The van der Waals surface area contributed by atoms with E-state index in [0.717, 1.165) is 18.4 Å². The van der Waals surface area contributed by atoms with Gasteiger partial charge >= 0.3 is 0 Å². The molecule has 1 N–H and O–H groups in total. The van der Waals surface area contributed by atoms with Crippen LogP contribution in [-0.2, 0) is 4.74 Å². The molecule has 2 aliphatic carbocycles. The zero-order chi connectivity index (χ0) is 13.6. The number of rotatable bonds is 6. The molecule has 2 rings (SSSR count). The summed E-state index contributed by atoms with van der Waals surface area (Å²) < 4.78 is 5.80. The van der Waals surface area contributed by atoms with E-state index >= 15 is 0 Å². The molecule has 2 aliphatic rings. The first-order valence-corrected chi connectivity index (χ1v) is 8.46. The van der Waals surface area contributed by atoms with Gasteiger partial charge in [-0.25, -0.2) is 0 Å². The Balaban J connectivity index is 2.00. The third-order valence-electron chi connectivity index (χ3n) is 5.72. The molecule has 0 aromatic heterocycles.